The quantitative estimate of drug-likeness (QED) is 0.177. The van der Waals surface area contributed by atoms with Crippen molar-refractivity contribution in [3.05, 3.63) is 0 Å². The van der Waals surface area contributed by atoms with E-state index in [9.17, 15) is 30.0 Å². The average molecular weight is 479 g/mol. The van der Waals surface area contributed by atoms with Gasteiger partial charge in [-0.2, -0.15) is 0 Å². The summed E-state index contributed by atoms with van der Waals surface area (Å²) in [7, 11) is 0. The van der Waals surface area contributed by atoms with Gasteiger partial charge in [0.25, 0.3) is 0 Å². The molecule has 1 heterocycles. The molecule has 1 saturated heterocycles. The van der Waals surface area contributed by atoms with E-state index >= 15 is 0 Å². The van der Waals surface area contributed by atoms with Gasteiger partial charge in [-0.25, -0.2) is 0 Å². The Labute approximate surface area is 196 Å². The number of unbranched alkanes of at least 4 members (excludes halogenated alkanes) is 6. The first-order valence-electron chi connectivity index (χ1n) is 12.1. The maximum absolute atomic E-state index is 12.2. The molecule has 10 nitrogen and oxygen atoms in total. The summed E-state index contributed by atoms with van der Waals surface area (Å²) in [6, 6.07) is 0. The van der Waals surface area contributed by atoms with Crippen LogP contribution in [-0.4, -0.2) is 89.0 Å². The van der Waals surface area contributed by atoms with Crippen LogP contribution in [-0.2, 0) is 28.5 Å². The summed E-state index contributed by atoms with van der Waals surface area (Å²) < 4.78 is 21.4. The summed E-state index contributed by atoms with van der Waals surface area (Å²) in [5.41, 5.74) is 0. The van der Waals surface area contributed by atoms with Crippen LogP contribution in [0.15, 0.2) is 0 Å². The largest absolute Gasteiger partial charge is 0.462 e. The molecule has 33 heavy (non-hydrogen) atoms. The minimum Gasteiger partial charge on any atom is -0.462 e. The van der Waals surface area contributed by atoms with Gasteiger partial charge in [-0.3, -0.25) is 9.59 Å². The van der Waals surface area contributed by atoms with Crippen LogP contribution >= 0.6 is 0 Å². The van der Waals surface area contributed by atoms with Gasteiger partial charge < -0.3 is 39.4 Å². The molecule has 1 aliphatic rings. The highest BCUT2D eigenvalue weighted by molar-refractivity contribution is 5.70. The number of aliphatic hydroxyl groups is 4. The molecule has 0 amide bonds. The lowest BCUT2D eigenvalue weighted by Gasteiger charge is -2.39. The Morgan fingerprint density at radius 1 is 0.818 bits per heavy atom. The van der Waals surface area contributed by atoms with Gasteiger partial charge in [0.2, 0.25) is 0 Å². The third-order valence-corrected chi connectivity index (χ3v) is 5.49. The Balaban J connectivity index is 2.60. The zero-order valence-corrected chi connectivity index (χ0v) is 19.9. The Morgan fingerprint density at radius 2 is 1.42 bits per heavy atom. The van der Waals surface area contributed by atoms with Crippen LogP contribution in [0, 0.1) is 0 Å². The second-order valence-corrected chi connectivity index (χ2v) is 8.45. The predicted molar refractivity (Wildman–Crippen MR) is 118 cm³/mol. The van der Waals surface area contributed by atoms with Gasteiger partial charge in [0, 0.05) is 12.8 Å². The topological polar surface area (TPSA) is 152 Å². The number of hydrogen-bond acceptors (Lipinski definition) is 10. The molecule has 0 bridgehead atoms. The number of esters is 2. The summed E-state index contributed by atoms with van der Waals surface area (Å²) >= 11 is 0. The normalized spacial score (nSPS) is 26.1. The van der Waals surface area contributed by atoms with Crippen LogP contribution in [0.5, 0.6) is 0 Å². The third-order valence-electron chi connectivity index (χ3n) is 5.49. The van der Waals surface area contributed by atoms with E-state index in [1.54, 1.807) is 0 Å². The number of aliphatic hydroxyl groups excluding tert-OH is 4. The van der Waals surface area contributed by atoms with E-state index in [2.05, 4.69) is 6.92 Å². The molecule has 0 unspecified atom stereocenters. The number of carbonyl (C=O) groups is 2. The van der Waals surface area contributed by atoms with Crippen LogP contribution in [0.1, 0.15) is 78.1 Å². The summed E-state index contributed by atoms with van der Waals surface area (Å²) in [5, 5.41) is 39.2. The van der Waals surface area contributed by atoms with Crippen molar-refractivity contribution in [1.82, 2.24) is 0 Å². The SMILES string of the molecule is CCCCCCCC(=O)O[C@H](COC(=O)CCCCC)CO[C@@H]1O[C@H](CO)[C@H](O)[C@H](O)[C@H]1O. The molecule has 0 saturated carbocycles. The molecule has 1 aliphatic heterocycles. The Kier molecular flexibility index (Phi) is 15.5. The molecule has 1 rings (SSSR count). The van der Waals surface area contributed by atoms with Crippen molar-refractivity contribution in [2.75, 3.05) is 19.8 Å². The fourth-order valence-electron chi connectivity index (χ4n) is 3.42. The molecule has 194 valence electrons. The molecule has 1 fully saturated rings. The van der Waals surface area contributed by atoms with E-state index in [0.29, 0.717) is 12.8 Å². The summed E-state index contributed by atoms with van der Waals surface area (Å²) in [4.78, 5) is 24.2. The van der Waals surface area contributed by atoms with Crippen molar-refractivity contribution in [2.45, 2.75) is 115 Å². The van der Waals surface area contributed by atoms with Crippen LogP contribution in [0.3, 0.4) is 0 Å². The Hall–Kier alpha value is -1.30. The highest BCUT2D eigenvalue weighted by Crippen LogP contribution is 2.22. The fourth-order valence-corrected chi connectivity index (χ4v) is 3.42. The standard InChI is InChI=1S/C23H42O10/c1-3-5-7-8-10-12-19(26)32-16(14-30-18(25)11-9-6-4-2)15-31-23-22(29)21(28)20(27)17(13-24)33-23/h16-17,20-24,27-29H,3-15H2,1-2H3/t16-,17-,20+,21+,22-,23-/m1/s1. The van der Waals surface area contributed by atoms with E-state index in [1.165, 1.54) is 0 Å². The minimum absolute atomic E-state index is 0.218. The van der Waals surface area contributed by atoms with Gasteiger partial charge in [-0.05, 0) is 12.8 Å². The number of rotatable bonds is 17. The van der Waals surface area contributed by atoms with E-state index in [1.807, 2.05) is 6.92 Å². The van der Waals surface area contributed by atoms with E-state index in [0.717, 1.165) is 38.5 Å². The predicted octanol–water partition coefficient (Wildman–Crippen LogP) is 1.20. The van der Waals surface area contributed by atoms with Crippen LogP contribution in [0.2, 0.25) is 0 Å². The average Bonchev–Trinajstić information content (AvgIpc) is 2.80. The molecule has 0 aromatic rings. The molecule has 0 aliphatic carbocycles. The van der Waals surface area contributed by atoms with E-state index in [4.69, 9.17) is 18.9 Å². The Bertz CT molecular complexity index is 541. The maximum Gasteiger partial charge on any atom is 0.306 e. The highest BCUT2D eigenvalue weighted by atomic mass is 16.7. The number of ether oxygens (including phenoxy) is 4. The molecule has 4 N–H and O–H groups in total. The third kappa shape index (κ3) is 11.6. The van der Waals surface area contributed by atoms with Crippen molar-refractivity contribution in [1.29, 1.82) is 0 Å². The monoisotopic (exact) mass is 478 g/mol. The minimum atomic E-state index is -1.58. The van der Waals surface area contributed by atoms with Gasteiger partial charge in [-0.1, -0.05) is 52.4 Å². The summed E-state index contributed by atoms with van der Waals surface area (Å²) in [5.74, 6) is -0.854. The molecule has 0 aromatic carbocycles. The van der Waals surface area contributed by atoms with Crippen molar-refractivity contribution < 1.29 is 49.0 Å². The van der Waals surface area contributed by atoms with Gasteiger partial charge >= 0.3 is 11.9 Å². The lowest BCUT2D eigenvalue weighted by Crippen LogP contribution is -2.59. The maximum atomic E-state index is 12.2. The molecule has 0 aromatic heterocycles. The molecule has 0 spiro atoms. The zero-order valence-electron chi connectivity index (χ0n) is 19.9. The second kappa shape index (κ2) is 17.2. The second-order valence-electron chi connectivity index (χ2n) is 8.45. The smallest absolute Gasteiger partial charge is 0.306 e. The van der Waals surface area contributed by atoms with Gasteiger partial charge in [0.05, 0.1) is 13.2 Å². The molecule has 10 heteroatoms. The van der Waals surface area contributed by atoms with Crippen molar-refractivity contribution in [3.8, 4) is 0 Å². The van der Waals surface area contributed by atoms with Gasteiger partial charge in [0.1, 0.15) is 31.0 Å². The highest BCUT2D eigenvalue weighted by Gasteiger charge is 2.44. The van der Waals surface area contributed by atoms with Crippen LogP contribution in [0.4, 0.5) is 0 Å². The first kappa shape index (κ1) is 29.7. The van der Waals surface area contributed by atoms with Crippen LogP contribution in [0.25, 0.3) is 0 Å². The molecular weight excluding hydrogens is 436 g/mol. The molecule has 0 radical (unpaired) electrons. The van der Waals surface area contributed by atoms with Crippen molar-refractivity contribution in [3.63, 3.8) is 0 Å². The zero-order chi connectivity index (χ0) is 24.6. The first-order valence-corrected chi connectivity index (χ1v) is 12.1. The Morgan fingerprint density at radius 3 is 2.09 bits per heavy atom. The van der Waals surface area contributed by atoms with Gasteiger partial charge in [0.15, 0.2) is 12.4 Å². The number of hydrogen-bond donors (Lipinski definition) is 4. The first-order chi connectivity index (χ1) is 15.8. The van der Waals surface area contributed by atoms with E-state index < -0.39 is 55.4 Å². The van der Waals surface area contributed by atoms with Crippen molar-refractivity contribution >= 4 is 11.9 Å². The van der Waals surface area contributed by atoms with E-state index in [-0.39, 0.29) is 26.1 Å². The molecule has 6 atom stereocenters. The lowest BCUT2D eigenvalue weighted by atomic mass is 9.99. The van der Waals surface area contributed by atoms with Crippen molar-refractivity contribution in [2.24, 2.45) is 0 Å². The fraction of sp³-hybridized carbons (Fsp3) is 0.913. The lowest BCUT2D eigenvalue weighted by molar-refractivity contribution is -0.305. The molecular formula is C23H42O10. The van der Waals surface area contributed by atoms with Crippen LogP contribution < -0.4 is 0 Å². The van der Waals surface area contributed by atoms with Gasteiger partial charge in [-0.15, -0.1) is 0 Å². The summed E-state index contributed by atoms with van der Waals surface area (Å²) in [6.45, 7) is 3.06. The number of carbonyl (C=O) groups excluding carboxylic acids is 2. The summed E-state index contributed by atoms with van der Waals surface area (Å²) in [6.07, 6.45) is -0.135.